The molecule has 0 saturated carbocycles. The van der Waals surface area contributed by atoms with Crippen molar-refractivity contribution in [2.75, 3.05) is 0 Å². The van der Waals surface area contributed by atoms with Crippen LogP contribution >= 0.6 is 11.3 Å². The molecule has 0 bridgehead atoms. The van der Waals surface area contributed by atoms with Gasteiger partial charge in [0, 0.05) is 19.2 Å². The molecule has 2 N–H and O–H groups in total. The third-order valence-corrected chi connectivity index (χ3v) is 3.18. The van der Waals surface area contributed by atoms with E-state index in [9.17, 15) is 0 Å². The van der Waals surface area contributed by atoms with E-state index in [1.807, 2.05) is 24.7 Å². The van der Waals surface area contributed by atoms with Gasteiger partial charge in [-0.25, -0.2) is 0 Å². The quantitative estimate of drug-likeness (QED) is 0.817. The van der Waals surface area contributed by atoms with Gasteiger partial charge < -0.3 is 5.73 Å². The van der Waals surface area contributed by atoms with Crippen molar-refractivity contribution in [1.29, 1.82) is 0 Å². The van der Waals surface area contributed by atoms with E-state index in [0.717, 1.165) is 17.0 Å². The van der Waals surface area contributed by atoms with Crippen LogP contribution in [0.3, 0.4) is 0 Å². The van der Waals surface area contributed by atoms with Crippen LogP contribution in [0.2, 0.25) is 0 Å². The first-order valence-corrected chi connectivity index (χ1v) is 5.38. The average molecular weight is 207 g/mol. The Bertz CT molecular complexity index is 428. The van der Waals surface area contributed by atoms with Crippen LogP contribution in [0.25, 0.3) is 10.6 Å². The van der Waals surface area contributed by atoms with E-state index in [-0.39, 0.29) is 0 Å². The summed E-state index contributed by atoms with van der Waals surface area (Å²) < 4.78 is 1.91. The van der Waals surface area contributed by atoms with Gasteiger partial charge in [0.15, 0.2) is 0 Å². The highest BCUT2D eigenvalue weighted by Crippen LogP contribution is 2.28. The highest BCUT2D eigenvalue weighted by Gasteiger charge is 2.13. The fourth-order valence-corrected chi connectivity index (χ4v) is 2.50. The van der Waals surface area contributed by atoms with Gasteiger partial charge in [0.1, 0.15) is 0 Å². The number of hydrogen-bond acceptors (Lipinski definition) is 3. The molecular formula is C10H13N3S. The third kappa shape index (κ3) is 1.36. The highest BCUT2D eigenvalue weighted by atomic mass is 32.1. The number of nitrogens with zero attached hydrogens (tertiary/aromatic N) is 2. The van der Waals surface area contributed by atoms with Crippen molar-refractivity contribution in [1.82, 2.24) is 9.78 Å². The molecule has 0 aliphatic rings. The van der Waals surface area contributed by atoms with Crippen molar-refractivity contribution in [3.63, 3.8) is 0 Å². The van der Waals surface area contributed by atoms with Crippen molar-refractivity contribution < 1.29 is 0 Å². The molecule has 2 heterocycles. The zero-order valence-corrected chi connectivity index (χ0v) is 9.14. The second kappa shape index (κ2) is 3.55. The molecule has 4 heteroatoms. The van der Waals surface area contributed by atoms with Gasteiger partial charge >= 0.3 is 0 Å². The SMILES string of the molecule is Cc1nn(C)c(-c2cccs2)c1CN. The maximum Gasteiger partial charge on any atom is 0.0826 e. The predicted molar refractivity (Wildman–Crippen MR) is 59.1 cm³/mol. The van der Waals surface area contributed by atoms with E-state index >= 15 is 0 Å². The fraction of sp³-hybridized carbons (Fsp3) is 0.300. The lowest BCUT2D eigenvalue weighted by molar-refractivity contribution is 0.765. The second-order valence-electron chi connectivity index (χ2n) is 3.22. The van der Waals surface area contributed by atoms with E-state index in [0.29, 0.717) is 6.54 Å². The predicted octanol–water partition coefficient (Wildman–Crippen LogP) is 1.92. The summed E-state index contributed by atoms with van der Waals surface area (Å²) in [5, 5.41) is 6.45. The molecule has 3 nitrogen and oxygen atoms in total. The van der Waals surface area contributed by atoms with Crippen LogP contribution in [0.15, 0.2) is 17.5 Å². The van der Waals surface area contributed by atoms with Crippen LogP contribution < -0.4 is 5.73 Å². The maximum absolute atomic E-state index is 5.72. The minimum atomic E-state index is 0.549. The number of rotatable bonds is 2. The summed E-state index contributed by atoms with van der Waals surface area (Å²) in [6.45, 7) is 2.55. The van der Waals surface area contributed by atoms with Crippen molar-refractivity contribution in [3.05, 3.63) is 28.8 Å². The number of aryl methyl sites for hydroxylation is 2. The van der Waals surface area contributed by atoms with Crippen LogP contribution in [-0.4, -0.2) is 9.78 Å². The molecule has 0 saturated heterocycles. The van der Waals surface area contributed by atoms with Crippen molar-refractivity contribution >= 4 is 11.3 Å². The molecule has 0 fully saturated rings. The van der Waals surface area contributed by atoms with E-state index in [2.05, 4.69) is 16.5 Å². The van der Waals surface area contributed by atoms with Crippen LogP contribution in [0.4, 0.5) is 0 Å². The molecule has 14 heavy (non-hydrogen) atoms. The van der Waals surface area contributed by atoms with Crippen LogP contribution in [-0.2, 0) is 13.6 Å². The zero-order chi connectivity index (χ0) is 10.1. The Morgan fingerprint density at radius 1 is 1.57 bits per heavy atom. The standard InChI is InChI=1S/C10H13N3S/c1-7-8(6-11)10(13(2)12-7)9-4-3-5-14-9/h3-5H,6,11H2,1-2H3. The normalized spacial score (nSPS) is 10.8. The molecule has 2 aromatic rings. The molecule has 0 aliphatic carbocycles. The summed E-state index contributed by atoms with van der Waals surface area (Å²) in [5.74, 6) is 0. The highest BCUT2D eigenvalue weighted by molar-refractivity contribution is 7.13. The van der Waals surface area contributed by atoms with Gasteiger partial charge in [0.05, 0.1) is 16.3 Å². The van der Waals surface area contributed by atoms with Gasteiger partial charge in [-0.05, 0) is 18.4 Å². The van der Waals surface area contributed by atoms with Crippen LogP contribution in [0.1, 0.15) is 11.3 Å². The van der Waals surface area contributed by atoms with Crippen LogP contribution in [0, 0.1) is 6.92 Å². The van der Waals surface area contributed by atoms with Crippen molar-refractivity contribution in [2.24, 2.45) is 12.8 Å². The summed E-state index contributed by atoms with van der Waals surface area (Å²) >= 11 is 1.72. The molecule has 2 rings (SSSR count). The summed E-state index contributed by atoms with van der Waals surface area (Å²) in [4.78, 5) is 1.23. The smallest absolute Gasteiger partial charge is 0.0826 e. The second-order valence-corrected chi connectivity index (χ2v) is 4.17. The number of nitrogens with two attached hydrogens (primary N) is 1. The first kappa shape index (κ1) is 9.43. The lowest BCUT2D eigenvalue weighted by atomic mass is 10.1. The minimum absolute atomic E-state index is 0.549. The molecule has 0 unspecified atom stereocenters. The molecule has 0 spiro atoms. The summed E-state index contributed by atoms with van der Waals surface area (Å²) in [7, 11) is 1.96. The Morgan fingerprint density at radius 2 is 2.36 bits per heavy atom. The van der Waals surface area contributed by atoms with E-state index in [1.165, 1.54) is 4.88 Å². The Labute approximate surface area is 87.2 Å². The molecule has 0 aliphatic heterocycles. The zero-order valence-electron chi connectivity index (χ0n) is 8.32. The topological polar surface area (TPSA) is 43.8 Å². The summed E-state index contributed by atoms with van der Waals surface area (Å²) in [6, 6.07) is 4.14. The Balaban J connectivity index is 2.62. The van der Waals surface area contributed by atoms with E-state index < -0.39 is 0 Å². The van der Waals surface area contributed by atoms with Gasteiger partial charge in [0.25, 0.3) is 0 Å². The first-order chi connectivity index (χ1) is 6.74. The Hall–Kier alpha value is -1.13. The van der Waals surface area contributed by atoms with E-state index in [1.54, 1.807) is 11.3 Å². The fourth-order valence-electron chi connectivity index (χ4n) is 1.67. The minimum Gasteiger partial charge on any atom is -0.326 e. The van der Waals surface area contributed by atoms with Gasteiger partial charge in [0.2, 0.25) is 0 Å². The first-order valence-electron chi connectivity index (χ1n) is 4.50. The summed E-state index contributed by atoms with van der Waals surface area (Å²) in [6.07, 6.45) is 0. The number of thiophene rings is 1. The lowest BCUT2D eigenvalue weighted by Gasteiger charge is -2.01. The van der Waals surface area contributed by atoms with Gasteiger partial charge in [-0.15, -0.1) is 11.3 Å². The number of hydrogen-bond donors (Lipinski definition) is 1. The Kier molecular flexibility index (Phi) is 2.39. The summed E-state index contributed by atoms with van der Waals surface area (Å²) in [5.41, 5.74) is 9.05. The number of aromatic nitrogens is 2. The molecular weight excluding hydrogens is 194 g/mol. The molecule has 0 atom stereocenters. The average Bonchev–Trinajstić information content (AvgIpc) is 2.72. The maximum atomic E-state index is 5.72. The molecule has 2 aromatic heterocycles. The van der Waals surface area contributed by atoms with E-state index in [4.69, 9.17) is 5.73 Å². The third-order valence-electron chi connectivity index (χ3n) is 2.30. The molecule has 0 aromatic carbocycles. The van der Waals surface area contributed by atoms with Gasteiger partial charge in [-0.2, -0.15) is 5.10 Å². The molecule has 0 radical (unpaired) electrons. The van der Waals surface area contributed by atoms with Gasteiger partial charge in [-0.1, -0.05) is 6.07 Å². The monoisotopic (exact) mass is 207 g/mol. The van der Waals surface area contributed by atoms with Crippen molar-refractivity contribution in [3.8, 4) is 10.6 Å². The molecule has 0 amide bonds. The largest absolute Gasteiger partial charge is 0.326 e. The van der Waals surface area contributed by atoms with Crippen LogP contribution in [0.5, 0.6) is 0 Å². The Morgan fingerprint density at radius 3 is 2.93 bits per heavy atom. The molecule has 74 valence electrons. The lowest BCUT2D eigenvalue weighted by Crippen LogP contribution is -1.99. The van der Waals surface area contributed by atoms with Crippen molar-refractivity contribution in [2.45, 2.75) is 13.5 Å². The van der Waals surface area contributed by atoms with Gasteiger partial charge in [-0.3, -0.25) is 4.68 Å².